The summed E-state index contributed by atoms with van der Waals surface area (Å²) in [7, 11) is 0. The minimum Gasteiger partial charge on any atom is -0.321 e. The Labute approximate surface area is 91.1 Å². The zero-order valence-corrected chi connectivity index (χ0v) is 9.32. The summed E-state index contributed by atoms with van der Waals surface area (Å²) in [4.78, 5) is 8.17. The normalized spacial score (nSPS) is 31.5. The van der Waals surface area contributed by atoms with Crippen LogP contribution in [0.5, 0.6) is 0 Å². The molecule has 15 heavy (non-hydrogen) atoms. The Balaban J connectivity index is 2.30. The van der Waals surface area contributed by atoms with Gasteiger partial charge in [-0.25, -0.2) is 9.97 Å². The molecule has 0 aliphatic heterocycles. The SMILES string of the molecule is CCC1CCCCC1(N)c1cncnc1. The smallest absolute Gasteiger partial charge is 0.115 e. The van der Waals surface area contributed by atoms with Gasteiger partial charge in [-0.15, -0.1) is 0 Å². The number of hydrogen-bond acceptors (Lipinski definition) is 3. The predicted molar refractivity (Wildman–Crippen MR) is 60.1 cm³/mol. The molecule has 1 aromatic heterocycles. The van der Waals surface area contributed by atoms with Crippen molar-refractivity contribution in [1.29, 1.82) is 0 Å². The third kappa shape index (κ3) is 1.88. The van der Waals surface area contributed by atoms with Gasteiger partial charge >= 0.3 is 0 Å². The average molecular weight is 205 g/mol. The van der Waals surface area contributed by atoms with Crippen LogP contribution in [0, 0.1) is 5.92 Å². The minimum absolute atomic E-state index is 0.186. The van der Waals surface area contributed by atoms with Gasteiger partial charge in [-0.2, -0.15) is 0 Å². The van der Waals surface area contributed by atoms with Crippen LogP contribution in [-0.4, -0.2) is 9.97 Å². The van der Waals surface area contributed by atoms with Crippen molar-refractivity contribution in [2.24, 2.45) is 11.7 Å². The van der Waals surface area contributed by atoms with Crippen LogP contribution in [0.2, 0.25) is 0 Å². The maximum absolute atomic E-state index is 6.56. The highest BCUT2D eigenvalue weighted by Gasteiger charge is 2.37. The first-order valence-corrected chi connectivity index (χ1v) is 5.81. The van der Waals surface area contributed by atoms with Gasteiger partial charge in [0.2, 0.25) is 0 Å². The molecule has 0 aromatic carbocycles. The second-order valence-electron chi connectivity index (χ2n) is 4.52. The summed E-state index contributed by atoms with van der Waals surface area (Å²) in [5.74, 6) is 0.581. The summed E-state index contributed by atoms with van der Waals surface area (Å²) in [6.07, 6.45) is 11.3. The molecule has 1 aliphatic carbocycles. The molecule has 0 bridgehead atoms. The minimum atomic E-state index is -0.186. The zero-order valence-electron chi connectivity index (χ0n) is 9.32. The molecule has 1 aliphatic rings. The standard InChI is InChI=1S/C12H19N3/c1-2-10-5-3-4-6-12(10,13)11-7-14-9-15-8-11/h7-10H,2-6,13H2,1H3. The fraction of sp³-hybridized carbons (Fsp3) is 0.667. The Morgan fingerprint density at radius 1 is 1.40 bits per heavy atom. The van der Waals surface area contributed by atoms with Crippen molar-refractivity contribution >= 4 is 0 Å². The number of nitrogens with zero attached hydrogens (tertiary/aromatic N) is 2. The highest BCUT2D eigenvalue weighted by molar-refractivity contribution is 5.19. The number of rotatable bonds is 2. The summed E-state index contributed by atoms with van der Waals surface area (Å²) in [6, 6.07) is 0. The van der Waals surface area contributed by atoms with E-state index in [0.29, 0.717) is 5.92 Å². The number of nitrogens with two attached hydrogens (primary N) is 1. The highest BCUT2D eigenvalue weighted by Crippen LogP contribution is 2.40. The Morgan fingerprint density at radius 3 is 2.80 bits per heavy atom. The number of hydrogen-bond donors (Lipinski definition) is 1. The molecule has 2 rings (SSSR count). The van der Waals surface area contributed by atoms with Crippen molar-refractivity contribution in [2.75, 3.05) is 0 Å². The van der Waals surface area contributed by atoms with E-state index in [2.05, 4.69) is 16.9 Å². The Bertz CT molecular complexity index is 312. The van der Waals surface area contributed by atoms with E-state index >= 15 is 0 Å². The first-order valence-electron chi connectivity index (χ1n) is 5.81. The second kappa shape index (κ2) is 4.27. The first-order chi connectivity index (χ1) is 7.27. The lowest BCUT2D eigenvalue weighted by molar-refractivity contribution is 0.183. The Morgan fingerprint density at radius 2 is 2.13 bits per heavy atom. The van der Waals surface area contributed by atoms with Crippen molar-refractivity contribution in [1.82, 2.24) is 9.97 Å². The molecule has 82 valence electrons. The van der Waals surface area contributed by atoms with E-state index in [1.54, 1.807) is 6.33 Å². The molecule has 2 N–H and O–H groups in total. The summed E-state index contributed by atoms with van der Waals surface area (Å²) in [6.45, 7) is 2.22. The Kier molecular flexibility index (Phi) is 3.00. The molecule has 1 heterocycles. The van der Waals surface area contributed by atoms with Crippen molar-refractivity contribution < 1.29 is 0 Å². The van der Waals surface area contributed by atoms with Crippen molar-refractivity contribution in [3.8, 4) is 0 Å². The van der Waals surface area contributed by atoms with Crippen molar-refractivity contribution in [3.63, 3.8) is 0 Å². The van der Waals surface area contributed by atoms with Gasteiger partial charge in [0, 0.05) is 23.5 Å². The lowest BCUT2D eigenvalue weighted by atomic mass is 9.69. The van der Waals surface area contributed by atoms with E-state index in [0.717, 1.165) is 18.4 Å². The van der Waals surface area contributed by atoms with E-state index in [1.165, 1.54) is 19.3 Å². The van der Waals surface area contributed by atoms with Crippen LogP contribution in [-0.2, 0) is 5.54 Å². The molecular weight excluding hydrogens is 186 g/mol. The molecule has 1 saturated carbocycles. The van der Waals surface area contributed by atoms with E-state index in [1.807, 2.05) is 12.4 Å². The highest BCUT2D eigenvalue weighted by atomic mass is 14.8. The van der Waals surface area contributed by atoms with Gasteiger partial charge in [-0.1, -0.05) is 26.2 Å². The summed E-state index contributed by atoms with van der Waals surface area (Å²) in [5, 5.41) is 0. The van der Waals surface area contributed by atoms with Crippen LogP contribution >= 0.6 is 0 Å². The molecule has 2 atom stereocenters. The lowest BCUT2D eigenvalue weighted by Gasteiger charge is -2.41. The molecule has 0 spiro atoms. The summed E-state index contributed by atoms with van der Waals surface area (Å²) >= 11 is 0. The molecule has 1 aromatic rings. The number of aromatic nitrogens is 2. The van der Waals surface area contributed by atoms with Gasteiger partial charge in [0.05, 0.1) is 0 Å². The largest absolute Gasteiger partial charge is 0.321 e. The lowest BCUT2D eigenvalue weighted by Crippen LogP contribution is -2.46. The molecule has 0 radical (unpaired) electrons. The molecule has 3 heteroatoms. The van der Waals surface area contributed by atoms with Crippen LogP contribution in [0.15, 0.2) is 18.7 Å². The van der Waals surface area contributed by atoms with Gasteiger partial charge in [-0.05, 0) is 18.8 Å². The van der Waals surface area contributed by atoms with Gasteiger partial charge < -0.3 is 5.73 Å². The molecule has 1 fully saturated rings. The van der Waals surface area contributed by atoms with Gasteiger partial charge in [0.25, 0.3) is 0 Å². The van der Waals surface area contributed by atoms with Crippen LogP contribution in [0.3, 0.4) is 0 Å². The van der Waals surface area contributed by atoms with Crippen molar-refractivity contribution in [2.45, 2.75) is 44.6 Å². The topological polar surface area (TPSA) is 51.8 Å². The quantitative estimate of drug-likeness (QED) is 0.805. The molecule has 3 nitrogen and oxygen atoms in total. The second-order valence-corrected chi connectivity index (χ2v) is 4.52. The third-order valence-electron chi connectivity index (χ3n) is 3.71. The maximum Gasteiger partial charge on any atom is 0.115 e. The van der Waals surface area contributed by atoms with Crippen LogP contribution in [0.1, 0.15) is 44.6 Å². The van der Waals surface area contributed by atoms with E-state index in [9.17, 15) is 0 Å². The van der Waals surface area contributed by atoms with Crippen LogP contribution < -0.4 is 5.73 Å². The monoisotopic (exact) mass is 205 g/mol. The van der Waals surface area contributed by atoms with Crippen molar-refractivity contribution in [3.05, 3.63) is 24.3 Å². The van der Waals surface area contributed by atoms with Gasteiger partial charge in [0.15, 0.2) is 0 Å². The fourth-order valence-electron chi connectivity index (χ4n) is 2.76. The Hall–Kier alpha value is -0.960. The maximum atomic E-state index is 6.56. The first kappa shape index (κ1) is 10.6. The predicted octanol–water partition coefficient (Wildman–Crippen LogP) is 2.23. The summed E-state index contributed by atoms with van der Waals surface area (Å²) < 4.78 is 0. The fourth-order valence-corrected chi connectivity index (χ4v) is 2.76. The van der Waals surface area contributed by atoms with Crippen LogP contribution in [0.4, 0.5) is 0 Å². The average Bonchev–Trinajstić information content (AvgIpc) is 2.31. The molecule has 0 amide bonds. The third-order valence-corrected chi connectivity index (χ3v) is 3.71. The van der Waals surface area contributed by atoms with E-state index in [-0.39, 0.29) is 5.54 Å². The van der Waals surface area contributed by atoms with E-state index < -0.39 is 0 Å². The zero-order chi connectivity index (χ0) is 10.7. The molecule has 0 saturated heterocycles. The van der Waals surface area contributed by atoms with Crippen LogP contribution in [0.25, 0.3) is 0 Å². The van der Waals surface area contributed by atoms with E-state index in [4.69, 9.17) is 5.73 Å². The molecule has 2 unspecified atom stereocenters. The summed E-state index contributed by atoms with van der Waals surface area (Å²) in [5.41, 5.74) is 7.48. The molecular formula is C12H19N3. The van der Waals surface area contributed by atoms with Gasteiger partial charge in [0.1, 0.15) is 6.33 Å². The van der Waals surface area contributed by atoms with Gasteiger partial charge in [-0.3, -0.25) is 0 Å².